The highest BCUT2D eigenvalue weighted by molar-refractivity contribution is 5.59. The number of hydrogen-bond acceptors (Lipinski definition) is 7. The van der Waals surface area contributed by atoms with Gasteiger partial charge in [0.25, 0.3) is 0 Å². The van der Waals surface area contributed by atoms with Crippen molar-refractivity contribution in [3.05, 3.63) is 53.7 Å². The molecule has 4 heterocycles. The monoisotopic (exact) mass is 336 g/mol. The molecule has 25 heavy (non-hydrogen) atoms. The van der Waals surface area contributed by atoms with Crippen molar-refractivity contribution < 1.29 is 4.52 Å². The summed E-state index contributed by atoms with van der Waals surface area (Å²) in [5.41, 5.74) is 3.72. The van der Waals surface area contributed by atoms with Crippen molar-refractivity contribution in [3.63, 3.8) is 0 Å². The molecule has 0 saturated carbocycles. The maximum Gasteiger partial charge on any atom is 0.164 e. The first-order chi connectivity index (χ1) is 12.2. The van der Waals surface area contributed by atoms with Crippen molar-refractivity contribution in [1.82, 2.24) is 30.0 Å². The van der Waals surface area contributed by atoms with Crippen LogP contribution in [0.5, 0.6) is 0 Å². The van der Waals surface area contributed by atoms with E-state index in [0.29, 0.717) is 5.82 Å². The second-order valence-electron chi connectivity index (χ2n) is 6.33. The number of nitrogens with zero attached hydrogens (tertiary/aromatic N) is 6. The predicted octanol–water partition coefficient (Wildman–Crippen LogP) is 2.88. The van der Waals surface area contributed by atoms with E-state index in [0.717, 1.165) is 54.3 Å². The zero-order chi connectivity index (χ0) is 17.2. The fourth-order valence-electron chi connectivity index (χ4n) is 3.45. The third-order valence-electron chi connectivity index (χ3n) is 4.62. The normalized spacial score (nSPS) is 17.9. The van der Waals surface area contributed by atoms with Gasteiger partial charge in [0.2, 0.25) is 0 Å². The number of likely N-dealkylation sites (tertiary alicyclic amines) is 1. The summed E-state index contributed by atoms with van der Waals surface area (Å²) in [6.07, 6.45) is 9.31. The maximum atomic E-state index is 5.26. The quantitative estimate of drug-likeness (QED) is 0.724. The summed E-state index contributed by atoms with van der Waals surface area (Å²) in [5.74, 6) is 1.43. The van der Waals surface area contributed by atoms with Crippen molar-refractivity contribution >= 4 is 0 Å². The Morgan fingerprint density at radius 3 is 2.88 bits per heavy atom. The molecular weight excluding hydrogens is 316 g/mol. The van der Waals surface area contributed by atoms with E-state index in [9.17, 15) is 0 Å². The zero-order valence-corrected chi connectivity index (χ0v) is 14.4. The van der Waals surface area contributed by atoms with Crippen LogP contribution in [-0.4, -0.2) is 36.5 Å². The van der Waals surface area contributed by atoms with E-state index in [1.807, 2.05) is 32.3 Å². The first kappa shape index (κ1) is 15.8. The van der Waals surface area contributed by atoms with Crippen LogP contribution in [0, 0.1) is 13.8 Å². The summed E-state index contributed by atoms with van der Waals surface area (Å²) < 4.78 is 5.26. The van der Waals surface area contributed by atoms with E-state index in [4.69, 9.17) is 9.51 Å². The van der Waals surface area contributed by atoms with Crippen molar-refractivity contribution in [2.24, 2.45) is 0 Å². The minimum atomic E-state index is 0.268. The van der Waals surface area contributed by atoms with Crippen molar-refractivity contribution in [2.75, 3.05) is 6.54 Å². The van der Waals surface area contributed by atoms with Gasteiger partial charge < -0.3 is 4.52 Å². The minimum absolute atomic E-state index is 0.268. The first-order valence-corrected chi connectivity index (χ1v) is 8.47. The minimum Gasteiger partial charge on any atom is -0.361 e. The molecule has 1 aliphatic heterocycles. The van der Waals surface area contributed by atoms with Crippen molar-refractivity contribution in [1.29, 1.82) is 0 Å². The Kier molecular flexibility index (Phi) is 4.23. The van der Waals surface area contributed by atoms with Gasteiger partial charge in [-0.05, 0) is 39.3 Å². The second-order valence-corrected chi connectivity index (χ2v) is 6.33. The lowest BCUT2D eigenvalue weighted by molar-refractivity contribution is 0.241. The third kappa shape index (κ3) is 3.15. The molecule has 0 radical (unpaired) electrons. The highest BCUT2D eigenvalue weighted by atomic mass is 16.5. The lowest BCUT2D eigenvalue weighted by atomic mass is 10.1. The topological polar surface area (TPSA) is 80.8 Å². The van der Waals surface area contributed by atoms with Crippen LogP contribution in [0.3, 0.4) is 0 Å². The Bertz CT molecular complexity index is 844. The summed E-state index contributed by atoms with van der Waals surface area (Å²) in [6, 6.07) is 2.27. The van der Waals surface area contributed by atoms with Gasteiger partial charge in [0.05, 0.1) is 28.7 Å². The molecule has 1 atom stereocenters. The van der Waals surface area contributed by atoms with Gasteiger partial charge in [0.15, 0.2) is 5.82 Å². The SMILES string of the molecule is Cc1noc(C)c1-c1nccc([C@@H]2CCCN2Cc2cnccn2)n1. The van der Waals surface area contributed by atoms with E-state index in [2.05, 4.69) is 25.0 Å². The lowest BCUT2D eigenvalue weighted by Crippen LogP contribution is -2.24. The smallest absolute Gasteiger partial charge is 0.164 e. The Balaban J connectivity index is 1.62. The highest BCUT2D eigenvalue weighted by Gasteiger charge is 2.28. The molecule has 128 valence electrons. The van der Waals surface area contributed by atoms with E-state index in [-0.39, 0.29) is 6.04 Å². The third-order valence-corrected chi connectivity index (χ3v) is 4.62. The summed E-state index contributed by atoms with van der Waals surface area (Å²) >= 11 is 0. The van der Waals surface area contributed by atoms with Gasteiger partial charge in [0, 0.05) is 31.3 Å². The Hall–Kier alpha value is -2.67. The Morgan fingerprint density at radius 2 is 2.12 bits per heavy atom. The molecule has 4 rings (SSSR count). The highest BCUT2D eigenvalue weighted by Crippen LogP contribution is 2.33. The Morgan fingerprint density at radius 1 is 1.20 bits per heavy atom. The molecule has 0 spiro atoms. The molecule has 3 aromatic rings. The molecule has 1 fully saturated rings. The van der Waals surface area contributed by atoms with Crippen molar-refractivity contribution in [3.8, 4) is 11.4 Å². The lowest BCUT2D eigenvalue weighted by Gasteiger charge is -2.23. The number of hydrogen-bond donors (Lipinski definition) is 0. The largest absolute Gasteiger partial charge is 0.361 e. The molecule has 1 aliphatic rings. The molecule has 0 unspecified atom stereocenters. The molecular formula is C18H20N6O. The van der Waals surface area contributed by atoms with Crippen LogP contribution in [-0.2, 0) is 6.54 Å². The maximum absolute atomic E-state index is 5.26. The summed E-state index contributed by atoms with van der Waals surface area (Å²) in [4.78, 5) is 20.2. The number of aryl methyl sites for hydroxylation is 2. The Labute approximate surface area is 146 Å². The molecule has 7 heteroatoms. The zero-order valence-electron chi connectivity index (χ0n) is 14.4. The fraction of sp³-hybridized carbons (Fsp3) is 0.389. The van der Waals surface area contributed by atoms with Gasteiger partial charge in [-0.3, -0.25) is 14.9 Å². The molecule has 3 aromatic heterocycles. The summed E-state index contributed by atoms with van der Waals surface area (Å²) in [6.45, 7) is 5.62. The van der Waals surface area contributed by atoms with Gasteiger partial charge in [-0.2, -0.15) is 0 Å². The summed E-state index contributed by atoms with van der Waals surface area (Å²) in [5, 5.41) is 4.01. The van der Waals surface area contributed by atoms with Crippen LogP contribution < -0.4 is 0 Å². The summed E-state index contributed by atoms with van der Waals surface area (Å²) in [7, 11) is 0. The molecule has 1 saturated heterocycles. The standard InChI is InChI=1S/C18H20N6O/c1-12-17(13(2)25-23-12)18-21-6-5-15(22-18)16-4-3-9-24(16)11-14-10-19-7-8-20-14/h5-8,10,16H,3-4,9,11H2,1-2H3/t16-/m0/s1. The molecule has 7 nitrogen and oxygen atoms in total. The first-order valence-electron chi connectivity index (χ1n) is 8.47. The molecule has 0 N–H and O–H groups in total. The van der Waals surface area contributed by atoms with Crippen LogP contribution in [0.2, 0.25) is 0 Å². The van der Waals surface area contributed by atoms with Gasteiger partial charge in [0.1, 0.15) is 5.76 Å². The second kappa shape index (κ2) is 6.68. The van der Waals surface area contributed by atoms with Gasteiger partial charge in [-0.1, -0.05) is 5.16 Å². The molecule has 0 aliphatic carbocycles. The van der Waals surface area contributed by atoms with Gasteiger partial charge in [-0.15, -0.1) is 0 Å². The predicted molar refractivity (Wildman–Crippen MR) is 91.4 cm³/mol. The average molecular weight is 336 g/mol. The van der Waals surface area contributed by atoms with Crippen LogP contribution >= 0.6 is 0 Å². The van der Waals surface area contributed by atoms with E-state index in [1.54, 1.807) is 12.4 Å². The molecule has 0 bridgehead atoms. The molecule has 0 aromatic carbocycles. The van der Waals surface area contributed by atoms with E-state index >= 15 is 0 Å². The van der Waals surface area contributed by atoms with Crippen LogP contribution in [0.4, 0.5) is 0 Å². The van der Waals surface area contributed by atoms with Crippen LogP contribution in [0.25, 0.3) is 11.4 Å². The van der Waals surface area contributed by atoms with Crippen LogP contribution in [0.1, 0.15) is 41.7 Å². The number of aromatic nitrogens is 5. The fourth-order valence-corrected chi connectivity index (χ4v) is 3.45. The van der Waals surface area contributed by atoms with E-state index in [1.165, 1.54) is 0 Å². The van der Waals surface area contributed by atoms with Crippen LogP contribution in [0.15, 0.2) is 35.4 Å². The van der Waals surface area contributed by atoms with E-state index < -0.39 is 0 Å². The molecule has 0 amide bonds. The van der Waals surface area contributed by atoms with Crippen molar-refractivity contribution in [2.45, 2.75) is 39.3 Å². The van der Waals surface area contributed by atoms with Gasteiger partial charge >= 0.3 is 0 Å². The average Bonchev–Trinajstić information content (AvgIpc) is 3.22. The number of rotatable bonds is 4. The van der Waals surface area contributed by atoms with Gasteiger partial charge in [-0.25, -0.2) is 9.97 Å².